The molecule has 3 rings (SSSR count). The van der Waals surface area contributed by atoms with Gasteiger partial charge >= 0.3 is 6.18 Å². The molecule has 0 spiro atoms. The molecule has 6 nitrogen and oxygen atoms in total. The van der Waals surface area contributed by atoms with Crippen LogP contribution in [0.3, 0.4) is 0 Å². The van der Waals surface area contributed by atoms with Crippen LogP contribution in [0, 0.1) is 0 Å². The molecule has 0 saturated carbocycles. The summed E-state index contributed by atoms with van der Waals surface area (Å²) in [6, 6.07) is 16.0. The fraction of sp³-hybridized carbons (Fsp3) is 0.238. The van der Waals surface area contributed by atoms with Crippen LogP contribution in [-0.4, -0.2) is 30.8 Å². The number of aliphatic imine (C=N–C) groups is 1. The molecule has 0 radical (unpaired) electrons. The summed E-state index contributed by atoms with van der Waals surface area (Å²) in [7, 11) is 1.62. The Morgan fingerprint density at radius 2 is 1.83 bits per heavy atom. The van der Waals surface area contributed by atoms with Crippen molar-refractivity contribution in [2.24, 2.45) is 4.99 Å². The maximum absolute atomic E-state index is 12.3. The molecule has 30 heavy (non-hydrogen) atoms. The summed E-state index contributed by atoms with van der Waals surface area (Å²) >= 11 is 0. The zero-order chi connectivity index (χ0) is 21.4. The number of ether oxygens (including phenoxy) is 1. The van der Waals surface area contributed by atoms with E-state index < -0.39 is 12.8 Å². The molecule has 0 bridgehead atoms. The van der Waals surface area contributed by atoms with Gasteiger partial charge in [-0.3, -0.25) is 4.99 Å². The summed E-state index contributed by atoms with van der Waals surface area (Å²) in [4.78, 5) is 8.57. The van der Waals surface area contributed by atoms with E-state index in [1.54, 1.807) is 31.5 Å². The Labute approximate surface area is 171 Å². The predicted octanol–water partition coefficient (Wildman–Crippen LogP) is 4.15. The second-order valence-electron chi connectivity index (χ2n) is 6.34. The van der Waals surface area contributed by atoms with Gasteiger partial charge in [0, 0.05) is 19.2 Å². The van der Waals surface area contributed by atoms with Crippen LogP contribution in [-0.2, 0) is 13.1 Å². The zero-order valence-electron chi connectivity index (χ0n) is 16.2. The first-order chi connectivity index (χ1) is 14.4. The quantitative estimate of drug-likeness (QED) is 0.446. The number of nitrogens with zero attached hydrogens (tertiary/aromatic N) is 2. The fourth-order valence-corrected chi connectivity index (χ4v) is 2.59. The summed E-state index contributed by atoms with van der Waals surface area (Å²) in [6.45, 7) is -0.572. The Kier molecular flexibility index (Phi) is 6.95. The third-order valence-corrected chi connectivity index (χ3v) is 3.99. The van der Waals surface area contributed by atoms with E-state index in [-0.39, 0.29) is 5.75 Å². The van der Waals surface area contributed by atoms with Gasteiger partial charge < -0.3 is 19.8 Å². The van der Waals surface area contributed by atoms with Gasteiger partial charge in [0.25, 0.3) is 0 Å². The third-order valence-electron chi connectivity index (χ3n) is 3.99. The molecule has 1 heterocycles. The van der Waals surface area contributed by atoms with Crippen LogP contribution < -0.4 is 15.4 Å². The molecule has 0 amide bonds. The first-order valence-electron chi connectivity index (χ1n) is 9.16. The molecular weight excluding hydrogens is 397 g/mol. The Morgan fingerprint density at radius 3 is 2.57 bits per heavy atom. The summed E-state index contributed by atoms with van der Waals surface area (Å²) in [5.74, 6) is 1.21. The molecule has 2 aromatic carbocycles. The van der Waals surface area contributed by atoms with Gasteiger partial charge in [0.1, 0.15) is 12.0 Å². The maximum atomic E-state index is 12.3. The minimum absolute atomic E-state index is 0.158. The number of guanidine groups is 1. The van der Waals surface area contributed by atoms with Gasteiger partial charge in [-0.2, -0.15) is 13.2 Å². The summed E-state index contributed by atoms with van der Waals surface area (Å²) in [5, 5.41) is 6.21. The number of hydrogen-bond acceptors (Lipinski definition) is 4. The van der Waals surface area contributed by atoms with Gasteiger partial charge in [0.05, 0.1) is 12.2 Å². The number of rotatable bonds is 7. The number of aromatic nitrogens is 1. The van der Waals surface area contributed by atoms with Gasteiger partial charge in [0.15, 0.2) is 12.6 Å². The topological polar surface area (TPSA) is 71.7 Å². The van der Waals surface area contributed by atoms with Crippen LogP contribution >= 0.6 is 0 Å². The average molecular weight is 418 g/mol. The van der Waals surface area contributed by atoms with Crippen molar-refractivity contribution in [1.82, 2.24) is 15.6 Å². The van der Waals surface area contributed by atoms with E-state index in [9.17, 15) is 13.2 Å². The second-order valence-corrected chi connectivity index (χ2v) is 6.34. The van der Waals surface area contributed by atoms with Crippen molar-refractivity contribution in [3.63, 3.8) is 0 Å². The smallest absolute Gasteiger partial charge is 0.422 e. The minimum Gasteiger partial charge on any atom is -0.484 e. The zero-order valence-corrected chi connectivity index (χ0v) is 16.2. The molecule has 0 aliphatic rings. The lowest BCUT2D eigenvalue weighted by molar-refractivity contribution is -0.153. The number of benzene rings is 2. The van der Waals surface area contributed by atoms with Crippen molar-refractivity contribution in [2.75, 3.05) is 13.7 Å². The largest absolute Gasteiger partial charge is 0.484 e. The van der Waals surface area contributed by atoms with Crippen molar-refractivity contribution in [3.05, 3.63) is 72.1 Å². The molecule has 1 aromatic heterocycles. The maximum Gasteiger partial charge on any atom is 0.422 e. The van der Waals surface area contributed by atoms with Gasteiger partial charge in [-0.25, -0.2) is 4.98 Å². The molecule has 3 aromatic rings. The Balaban J connectivity index is 1.50. The van der Waals surface area contributed by atoms with Gasteiger partial charge in [-0.05, 0) is 29.8 Å². The second kappa shape index (κ2) is 9.82. The molecule has 158 valence electrons. The molecule has 0 aliphatic carbocycles. The Bertz CT molecular complexity index is 972. The first kappa shape index (κ1) is 21.2. The summed E-state index contributed by atoms with van der Waals surface area (Å²) < 4.78 is 47.1. The van der Waals surface area contributed by atoms with Crippen LogP contribution in [0.15, 0.2) is 70.3 Å². The molecule has 2 N–H and O–H groups in total. The number of halogens is 3. The highest BCUT2D eigenvalue weighted by atomic mass is 19.4. The van der Waals surface area contributed by atoms with Crippen LogP contribution in [0.25, 0.3) is 11.5 Å². The lowest BCUT2D eigenvalue weighted by Crippen LogP contribution is -2.36. The van der Waals surface area contributed by atoms with E-state index in [1.165, 1.54) is 6.07 Å². The van der Waals surface area contributed by atoms with Crippen molar-refractivity contribution in [2.45, 2.75) is 19.3 Å². The molecular formula is C21H21F3N4O2. The van der Waals surface area contributed by atoms with Crippen LogP contribution in [0.5, 0.6) is 5.75 Å². The van der Waals surface area contributed by atoms with Gasteiger partial charge in [-0.1, -0.05) is 30.3 Å². The molecule has 9 heteroatoms. The van der Waals surface area contributed by atoms with E-state index in [2.05, 4.69) is 20.6 Å². The molecule has 0 atom stereocenters. The molecule has 0 saturated heterocycles. The number of oxazole rings is 1. The van der Waals surface area contributed by atoms with E-state index in [0.717, 1.165) is 11.1 Å². The third kappa shape index (κ3) is 6.54. The predicted molar refractivity (Wildman–Crippen MR) is 107 cm³/mol. The SMILES string of the molecule is CN=C(NCc1cccc(OCC(F)(F)F)c1)NCc1coc(-c2ccccc2)n1. The van der Waals surface area contributed by atoms with Crippen molar-refractivity contribution in [1.29, 1.82) is 0 Å². The summed E-state index contributed by atoms with van der Waals surface area (Å²) in [5.41, 5.74) is 2.35. The number of alkyl halides is 3. The van der Waals surface area contributed by atoms with Crippen LogP contribution in [0.4, 0.5) is 13.2 Å². The number of nitrogens with one attached hydrogen (secondary N) is 2. The monoisotopic (exact) mass is 418 g/mol. The number of hydrogen-bond donors (Lipinski definition) is 2. The van der Waals surface area contributed by atoms with Gasteiger partial charge in [-0.15, -0.1) is 0 Å². The van der Waals surface area contributed by atoms with Gasteiger partial charge in [0.2, 0.25) is 5.89 Å². The molecule has 0 unspecified atom stereocenters. The van der Waals surface area contributed by atoms with E-state index in [0.29, 0.717) is 30.6 Å². The summed E-state index contributed by atoms with van der Waals surface area (Å²) in [6.07, 6.45) is -2.80. The highest BCUT2D eigenvalue weighted by Crippen LogP contribution is 2.20. The molecule has 0 aliphatic heterocycles. The van der Waals surface area contributed by atoms with Crippen LogP contribution in [0.1, 0.15) is 11.3 Å². The van der Waals surface area contributed by atoms with Crippen LogP contribution in [0.2, 0.25) is 0 Å². The van der Waals surface area contributed by atoms with Crippen molar-refractivity contribution < 1.29 is 22.3 Å². The van der Waals surface area contributed by atoms with E-state index >= 15 is 0 Å². The first-order valence-corrected chi connectivity index (χ1v) is 9.16. The standard InChI is InChI=1S/C21H21F3N4O2/c1-25-20(26-11-15-6-5-9-18(10-15)30-14-21(22,23)24)27-12-17-13-29-19(28-17)16-7-3-2-4-8-16/h2-10,13H,11-12,14H2,1H3,(H2,25,26,27). The minimum atomic E-state index is -4.37. The Hall–Kier alpha value is -3.49. The average Bonchev–Trinajstić information content (AvgIpc) is 3.22. The van der Waals surface area contributed by atoms with E-state index in [4.69, 9.17) is 9.15 Å². The Morgan fingerprint density at radius 1 is 1.07 bits per heavy atom. The van der Waals surface area contributed by atoms with E-state index in [1.807, 2.05) is 30.3 Å². The highest BCUT2D eigenvalue weighted by Gasteiger charge is 2.28. The normalized spacial score (nSPS) is 11.9. The van der Waals surface area contributed by atoms with Crippen molar-refractivity contribution >= 4 is 5.96 Å². The highest BCUT2D eigenvalue weighted by molar-refractivity contribution is 5.79. The van der Waals surface area contributed by atoms with Crippen molar-refractivity contribution in [3.8, 4) is 17.2 Å². The lowest BCUT2D eigenvalue weighted by atomic mass is 10.2. The fourth-order valence-electron chi connectivity index (χ4n) is 2.59. The molecule has 0 fully saturated rings. The lowest BCUT2D eigenvalue weighted by Gasteiger charge is -2.12.